The van der Waals surface area contributed by atoms with E-state index in [2.05, 4.69) is 0 Å². The third-order valence-electron chi connectivity index (χ3n) is 3.91. The lowest BCUT2D eigenvalue weighted by molar-refractivity contribution is 0.661. The Kier molecular flexibility index (Phi) is 1.17. The molecule has 0 aromatic heterocycles. The van der Waals surface area contributed by atoms with Crippen molar-refractivity contribution in [2.24, 2.45) is 0 Å². The molecule has 4 rings (SSSR count). The molecule has 0 amide bonds. The first kappa shape index (κ1) is 6.38. The SMILES string of the molecule is [2H]C([2H])([2H])C1(C([2H])([2H])[2H])c2ccccc2-c2cc3ccccc3cc21. The van der Waals surface area contributed by atoms with E-state index >= 15 is 0 Å². The molecule has 0 N–H and O–H groups in total. The summed E-state index contributed by atoms with van der Waals surface area (Å²) in [4.78, 5) is 0. The van der Waals surface area contributed by atoms with Crippen LogP contribution in [-0.2, 0) is 5.41 Å². The van der Waals surface area contributed by atoms with Crippen LogP contribution >= 0.6 is 0 Å². The number of hydrogen-bond donors (Lipinski definition) is 0. The van der Waals surface area contributed by atoms with Crippen LogP contribution in [0.4, 0.5) is 0 Å². The molecule has 19 heavy (non-hydrogen) atoms. The third kappa shape index (κ3) is 1.34. The summed E-state index contributed by atoms with van der Waals surface area (Å²) < 4.78 is 49.1. The quantitative estimate of drug-likeness (QED) is 0.518. The summed E-state index contributed by atoms with van der Waals surface area (Å²) in [5.41, 5.74) is 0.0976. The zero-order valence-electron chi connectivity index (χ0n) is 16.3. The zero-order chi connectivity index (χ0) is 18.0. The van der Waals surface area contributed by atoms with Crippen molar-refractivity contribution in [2.45, 2.75) is 19.1 Å². The second-order valence-corrected chi connectivity index (χ2v) is 5.04. The van der Waals surface area contributed by atoms with Gasteiger partial charge in [0, 0.05) is 13.6 Å². The molecule has 0 heteroatoms. The molecule has 0 saturated heterocycles. The molecule has 0 bridgehead atoms. The summed E-state index contributed by atoms with van der Waals surface area (Å²) in [5.74, 6) is 0. The first-order valence-electron chi connectivity index (χ1n) is 9.31. The molecule has 0 fully saturated rings. The Bertz CT molecular complexity index is 967. The number of hydrogen-bond acceptors (Lipinski definition) is 0. The van der Waals surface area contributed by atoms with E-state index in [9.17, 15) is 0 Å². The van der Waals surface area contributed by atoms with E-state index in [0.29, 0.717) is 22.3 Å². The van der Waals surface area contributed by atoms with E-state index in [1.807, 2.05) is 42.5 Å². The fourth-order valence-corrected chi connectivity index (χ4v) is 2.96. The van der Waals surface area contributed by atoms with Crippen LogP contribution in [0.15, 0.2) is 60.7 Å². The normalized spacial score (nSPS) is 21.3. The summed E-state index contributed by atoms with van der Waals surface area (Å²) >= 11 is 0. The number of rotatable bonds is 0. The van der Waals surface area contributed by atoms with Gasteiger partial charge < -0.3 is 0 Å². The van der Waals surface area contributed by atoms with Gasteiger partial charge in [0.1, 0.15) is 0 Å². The van der Waals surface area contributed by atoms with Crippen LogP contribution in [0.1, 0.15) is 33.1 Å². The Hall–Kier alpha value is -2.08. The predicted octanol–water partition coefficient (Wildman–Crippen LogP) is 5.15. The Balaban J connectivity index is 2.23. The Morgan fingerprint density at radius 2 is 1.42 bits per heavy atom. The maximum absolute atomic E-state index is 8.18. The van der Waals surface area contributed by atoms with Crippen molar-refractivity contribution in [1.29, 1.82) is 0 Å². The van der Waals surface area contributed by atoms with Crippen LogP contribution in [0, 0.1) is 0 Å². The fourth-order valence-electron chi connectivity index (χ4n) is 2.96. The van der Waals surface area contributed by atoms with Gasteiger partial charge in [0.15, 0.2) is 0 Å². The van der Waals surface area contributed by atoms with Gasteiger partial charge >= 0.3 is 0 Å². The summed E-state index contributed by atoms with van der Waals surface area (Å²) in [6.45, 7) is -5.41. The van der Waals surface area contributed by atoms with Gasteiger partial charge in [-0.1, -0.05) is 62.2 Å². The molecule has 0 aliphatic heterocycles. The number of benzene rings is 3. The summed E-state index contributed by atoms with van der Waals surface area (Å²) in [6, 6.07) is 18.2. The minimum atomic E-state index is -2.71. The van der Waals surface area contributed by atoms with E-state index < -0.39 is 19.1 Å². The Morgan fingerprint density at radius 1 is 0.737 bits per heavy atom. The van der Waals surface area contributed by atoms with Crippen molar-refractivity contribution < 1.29 is 8.22 Å². The van der Waals surface area contributed by atoms with Crippen LogP contribution in [0.25, 0.3) is 21.9 Å². The van der Waals surface area contributed by atoms with Crippen molar-refractivity contribution in [3.63, 3.8) is 0 Å². The molecule has 1 aliphatic rings. The van der Waals surface area contributed by atoms with Gasteiger partial charge in [-0.25, -0.2) is 0 Å². The van der Waals surface area contributed by atoms with Crippen molar-refractivity contribution >= 4 is 10.8 Å². The largest absolute Gasteiger partial charge is 0.0619 e. The van der Waals surface area contributed by atoms with Gasteiger partial charge in [0.05, 0.1) is 0 Å². The van der Waals surface area contributed by atoms with Crippen LogP contribution < -0.4 is 0 Å². The van der Waals surface area contributed by atoms with E-state index in [-0.39, 0.29) is 0 Å². The molecule has 3 aromatic carbocycles. The van der Waals surface area contributed by atoms with E-state index in [0.717, 1.165) is 10.8 Å². The van der Waals surface area contributed by atoms with Crippen LogP contribution in [0.2, 0.25) is 0 Å². The second kappa shape index (κ2) is 3.48. The fraction of sp³-hybridized carbons (Fsp3) is 0.158. The molecule has 0 unspecified atom stereocenters. The zero-order valence-corrected chi connectivity index (χ0v) is 10.3. The average molecular weight is 250 g/mol. The highest BCUT2D eigenvalue weighted by Crippen LogP contribution is 2.49. The lowest BCUT2D eigenvalue weighted by atomic mass is 9.82. The maximum Gasteiger partial charge on any atom is 0.0243 e. The van der Waals surface area contributed by atoms with Crippen LogP contribution in [0.3, 0.4) is 0 Å². The minimum absolute atomic E-state index is 0.361. The Morgan fingerprint density at radius 3 is 2.21 bits per heavy atom. The topological polar surface area (TPSA) is 0 Å². The molecule has 0 saturated carbocycles. The van der Waals surface area contributed by atoms with Gasteiger partial charge in [0.2, 0.25) is 0 Å². The predicted molar refractivity (Wildman–Crippen MR) is 81.5 cm³/mol. The first-order chi connectivity index (χ1) is 11.7. The van der Waals surface area contributed by atoms with Gasteiger partial charge in [0.25, 0.3) is 0 Å². The average Bonchev–Trinajstić information content (AvgIpc) is 2.82. The van der Waals surface area contributed by atoms with E-state index in [1.165, 1.54) is 0 Å². The second-order valence-electron chi connectivity index (χ2n) is 5.04. The molecule has 0 radical (unpaired) electrons. The lowest BCUT2D eigenvalue weighted by Gasteiger charge is -2.21. The highest BCUT2D eigenvalue weighted by Gasteiger charge is 2.35. The summed E-state index contributed by atoms with van der Waals surface area (Å²) in [6.07, 6.45) is 0. The Labute approximate surface area is 122 Å². The molecular weight excluding hydrogens is 228 g/mol. The van der Waals surface area contributed by atoms with Crippen LogP contribution in [-0.4, -0.2) is 0 Å². The first-order valence-corrected chi connectivity index (χ1v) is 6.31. The van der Waals surface area contributed by atoms with Gasteiger partial charge in [-0.15, -0.1) is 0 Å². The van der Waals surface area contributed by atoms with E-state index in [4.69, 9.17) is 8.22 Å². The third-order valence-corrected chi connectivity index (χ3v) is 3.91. The smallest absolute Gasteiger partial charge is 0.0243 e. The van der Waals surface area contributed by atoms with Crippen molar-refractivity contribution in [1.82, 2.24) is 0 Å². The lowest BCUT2D eigenvalue weighted by Crippen LogP contribution is -2.14. The molecule has 3 aromatic rings. The molecular formula is C19H16. The number of fused-ring (bicyclic) bond motifs is 4. The molecule has 0 nitrogen and oxygen atoms in total. The maximum atomic E-state index is 8.18. The standard InChI is InChI=1S/C19H16/c1-19(2)17-10-6-5-9-15(17)16-11-13-7-3-4-8-14(13)12-18(16)19/h3-12H,1-2H3/i1D3,2D3. The molecule has 0 heterocycles. The minimum Gasteiger partial charge on any atom is -0.0619 e. The summed E-state index contributed by atoms with van der Waals surface area (Å²) in [5, 5.41) is 1.80. The monoisotopic (exact) mass is 250 g/mol. The van der Waals surface area contributed by atoms with Crippen molar-refractivity contribution in [2.75, 3.05) is 0 Å². The van der Waals surface area contributed by atoms with Crippen molar-refractivity contribution in [3.05, 3.63) is 71.8 Å². The van der Waals surface area contributed by atoms with Crippen LogP contribution in [0.5, 0.6) is 0 Å². The van der Waals surface area contributed by atoms with Gasteiger partial charge in [-0.2, -0.15) is 0 Å². The summed E-state index contributed by atoms with van der Waals surface area (Å²) in [7, 11) is 0. The highest BCUT2D eigenvalue weighted by atomic mass is 14.4. The molecule has 92 valence electrons. The van der Waals surface area contributed by atoms with Crippen molar-refractivity contribution in [3.8, 4) is 11.1 Å². The van der Waals surface area contributed by atoms with Gasteiger partial charge in [-0.3, -0.25) is 0 Å². The molecule has 0 atom stereocenters. The molecule has 0 spiro atoms. The highest BCUT2D eigenvalue weighted by molar-refractivity contribution is 5.93. The van der Waals surface area contributed by atoms with E-state index in [1.54, 1.807) is 18.2 Å². The molecule has 1 aliphatic carbocycles. The van der Waals surface area contributed by atoms with Gasteiger partial charge in [-0.05, 0) is 45.2 Å².